The molecule has 3 rings (SSSR count). The average molecular weight is 658 g/mol. The lowest BCUT2D eigenvalue weighted by Crippen LogP contribution is -2.00. The summed E-state index contributed by atoms with van der Waals surface area (Å²) in [5.41, 5.74) is 2.56. The number of aromatic hydroxyl groups is 1. The first kappa shape index (κ1) is 33.0. The monoisotopic (exact) mass is 653 g/mol. The minimum Gasteiger partial charge on any atom is -0.870 e. The van der Waals surface area contributed by atoms with Crippen LogP contribution in [0.15, 0.2) is 18.5 Å². The van der Waals surface area contributed by atoms with E-state index in [4.69, 9.17) is 116 Å². The van der Waals surface area contributed by atoms with Crippen molar-refractivity contribution in [2.45, 2.75) is 13.8 Å². The van der Waals surface area contributed by atoms with E-state index in [1.165, 1.54) is 11.1 Å². The number of aromatic amines is 1. The molecule has 0 bridgehead atoms. The van der Waals surface area contributed by atoms with E-state index in [9.17, 15) is 10.2 Å². The molecule has 3 aromatic rings. The van der Waals surface area contributed by atoms with Gasteiger partial charge in [-0.3, -0.25) is 0 Å². The fraction of sp³-hybridized carbons (Fsp3) is 0.105. The first-order valence-electron chi connectivity index (χ1n) is 8.05. The van der Waals surface area contributed by atoms with Crippen molar-refractivity contribution < 1.29 is 20.7 Å². The predicted octanol–water partition coefficient (Wildman–Crippen LogP) is 8.98. The smallest absolute Gasteiger partial charge is 0.169 e. The first-order valence-corrected chi connectivity index (χ1v) is 11.8. The number of halogens is 10. The van der Waals surface area contributed by atoms with Crippen molar-refractivity contribution in [1.82, 2.24) is 0 Å². The Balaban J connectivity index is 0.000000468. The average Bonchev–Trinajstić information content (AvgIpc) is 2.77. The molecular weight excluding hydrogens is 645 g/mol. The van der Waals surface area contributed by atoms with Gasteiger partial charge < -0.3 is 15.7 Å². The van der Waals surface area contributed by atoms with Crippen molar-refractivity contribution >= 4 is 116 Å². The van der Waals surface area contributed by atoms with Crippen LogP contribution in [0.3, 0.4) is 0 Å². The molecule has 0 aliphatic rings. The van der Waals surface area contributed by atoms with Crippen molar-refractivity contribution in [3.8, 4) is 11.5 Å². The largest absolute Gasteiger partial charge is 0.870 e. The van der Waals surface area contributed by atoms with Gasteiger partial charge in [0.25, 0.3) is 0 Å². The second kappa shape index (κ2) is 14.6. The fourth-order valence-electron chi connectivity index (χ4n) is 1.93. The van der Waals surface area contributed by atoms with Crippen LogP contribution < -0.4 is 10.1 Å². The predicted molar refractivity (Wildman–Crippen MR) is 140 cm³/mol. The highest BCUT2D eigenvalue weighted by atomic mass is 35.5. The van der Waals surface area contributed by atoms with E-state index in [2.05, 4.69) is 24.9 Å². The number of aromatic nitrogens is 1. The van der Waals surface area contributed by atoms with Crippen LogP contribution >= 0.6 is 116 Å². The summed E-state index contributed by atoms with van der Waals surface area (Å²) in [5, 5.41) is 19.5. The topological polar surface area (TPSA) is 88.9 Å². The third-order valence-electron chi connectivity index (χ3n) is 3.43. The molecule has 0 spiro atoms. The molecule has 0 unspecified atom stereocenters. The molecule has 0 saturated carbocycles. The van der Waals surface area contributed by atoms with Gasteiger partial charge in [-0.2, -0.15) is 0 Å². The van der Waals surface area contributed by atoms with Crippen LogP contribution in [0.5, 0.6) is 11.5 Å². The molecule has 1 aromatic heterocycles. The highest BCUT2D eigenvalue weighted by Gasteiger charge is 2.18. The highest BCUT2D eigenvalue weighted by molar-refractivity contribution is 6.56. The van der Waals surface area contributed by atoms with Gasteiger partial charge in [0.05, 0.1) is 40.2 Å². The Morgan fingerprint density at radius 1 is 0.576 bits per heavy atom. The van der Waals surface area contributed by atoms with Crippen molar-refractivity contribution in [2.75, 3.05) is 0 Å². The van der Waals surface area contributed by atoms with Crippen molar-refractivity contribution in [3.63, 3.8) is 0 Å². The Labute approximate surface area is 240 Å². The van der Waals surface area contributed by atoms with Crippen LogP contribution in [0, 0.1) is 13.8 Å². The van der Waals surface area contributed by atoms with Gasteiger partial charge in [-0.25, -0.2) is 4.98 Å². The zero-order chi connectivity index (χ0) is 24.9. The molecule has 0 saturated heterocycles. The molecule has 0 amide bonds. The third kappa shape index (κ3) is 8.59. The van der Waals surface area contributed by atoms with Gasteiger partial charge in [0.2, 0.25) is 0 Å². The van der Waals surface area contributed by atoms with Gasteiger partial charge in [-0.15, -0.1) is 0 Å². The molecule has 182 valence electrons. The standard InChI is InChI=1S/C7H9N.2C6HCl5O.H2O/c1-6-3-7(2)5-8-4-6;2*7-1-2(8)4(10)6(12)5(11)3(1)9;/h3-5H,1-2H3;2*12H;1H2. The van der Waals surface area contributed by atoms with Crippen LogP contribution in [0.2, 0.25) is 50.2 Å². The number of nitrogens with one attached hydrogen (secondary N) is 1. The summed E-state index contributed by atoms with van der Waals surface area (Å²) >= 11 is 55.6. The van der Waals surface area contributed by atoms with Crippen LogP contribution in [0.1, 0.15) is 11.1 Å². The Morgan fingerprint density at radius 2 is 0.848 bits per heavy atom. The van der Waals surface area contributed by atoms with E-state index in [0.29, 0.717) is 0 Å². The number of rotatable bonds is 0. The zero-order valence-electron chi connectivity index (χ0n) is 16.4. The van der Waals surface area contributed by atoms with Gasteiger partial charge in [0, 0.05) is 11.1 Å². The molecule has 2 aromatic carbocycles. The summed E-state index contributed by atoms with van der Waals surface area (Å²) in [5.74, 6) is -0.976. The van der Waals surface area contributed by atoms with E-state index in [0.717, 1.165) is 0 Å². The summed E-state index contributed by atoms with van der Waals surface area (Å²) in [6.07, 6.45) is 3.96. The van der Waals surface area contributed by atoms with Gasteiger partial charge in [-0.1, -0.05) is 122 Å². The number of pyridine rings is 1. The van der Waals surface area contributed by atoms with E-state index in [1.54, 1.807) is 0 Å². The van der Waals surface area contributed by atoms with Crippen LogP contribution in [0.4, 0.5) is 0 Å². The summed E-state index contributed by atoms with van der Waals surface area (Å²) in [6, 6.07) is 2.14. The Kier molecular flexibility index (Phi) is 14.6. The molecule has 0 aliphatic carbocycles. The zero-order valence-corrected chi connectivity index (χ0v) is 23.9. The number of phenolic OH excluding ortho intramolecular Hbond substituents is 1. The van der Waals surface area contributed by atoms with Crippen LogP contribution in [0.25, 0.3) is 0 Å². The van der Waals surface area contributed by atoms with Gasteiger partial charge in [0.1, 0.15) is 10.0 Å². The lowest BCUT2D eigenvalue weighted by molar-refractivity contribution is -0.379. The molecule has 4 nitrogen and oxygen atoms in total. The normalized spacial score (nSPS) is 9.82. The summed E-state index contributed by atoms with van der Waals surface area (Å²) in [6.45, 7) is 4.15. The van der Waals surface area contributed by atoms with E-state index >= 15 is 0 Å². The molecule has 4 N–H and O–H groups in total. The maximum absolute atomic E-state index is 11.1. The number of aryl methyl sites for hydroxylation is 2. The second-order valence-electron chi connectivity index (χ2n) is 5.91. The Morgan fingerprint density at radius 3 is 1.12 bits per heavy atom. The minimum absolute atomic E-state index is 0. The van der Waals surface area contributed by atoms with Crippen LogP contribution in [-0.4, -0.2) is 10.6 Å². The van der Waals surface area contributed by atoms with E-state index in [-0.39, 0.29) is 61.5 Å². The Bertz CT molecular complexity index is 847. The lowest BCUT2D eigenvalue weighted by Gasteiger charge is -2.14. The first-order chi connectivity index (χ1) is 14.7. The molecule has 1 heterocycles. The molecule has 0 aliphatic heterocycles. The van der Waals surface area contributed by atoms with Crippen molar-refractivity contribution in [3.05, 3.63) is 79.8 Å². The lowest BCUT2D eigenvalue weighted by atomic mass is 10.2. The third-order valence-corrected chi connectivity index (χ3v) is 7.93. The number of phenols is 1. The number of benzene rings is 2. The quantitative estimate of drug-likeness (QED) is 0.193. The van der Waals surface area contributed by atoms with Crippen molar-refractivity contribution in [2.24, 2.45) is 0 Å². The molecule has 0 atom stereocenters. The number of hydrogen-bond donors (Lipinski definition) is 1. The molecular formula is C19H13Cl10NO3. The van der Waals surface area contributed by atoms with Crippen molar-refractivity contribution in [1.29, 1.82) is 0 Å². The molecule has 33 heavy (non-hydrogen) atoms. The van der Waals surface area contributed by atoms with E-state index in [1.807, 2.05) is 12.4 Å². The fourth-order valence-corrected chi connectivity index (χ4v) is 4.17. The summed E-state index contributed by atoms with van der Waals surface area (Å²) < 4.78 is 0. The number of hydrogen-bond acceptors (Lipinski definition) is 2. The molecule has 14 heteroatoms. The maximum Gasteiger partial charge on any atom is 0.169 e. The molecule has 0 radical (unpaired) electrons. The summed E-state index contributed by atoms with van der Waals surface area (Å²) in [4.78, 5) is 3.03. The SMILES string of the molecule is Cc1c[nH+]cc(C)c1.O.Oc1c(Cl)c(Cl)c(Cl)c(Cl)c1Cl.[O-]c1c(Cl)c(Cl)c(Cl)c(Cl)c1Cl. The van der Waals surface area contributed by atoms with Gasteiger partial charge in [-0.05, 0) is 19.9 Å². The molecule has 0 fully saturated rings. The van der Waals surface area contributed by atoms with E-state index < -0.39 is 5.75 Å². The minimum atomic E-state index is -0.613. The van der Waals surface area contributed by atoms with Crippen LogP contribution in [-0.2, 0) is 0 Å². The van der Waals surface area contributed by atoms with Gasteiger partial charge in [0.15, 0.2) is 18.1 Å². The Hall–Kier alpha value is 0.0500. The number of H-pyrrole nitrogens is 1. The second-order valence-corrected chi connectivity index (χ2v) is 9.68. The summed E-state index contributed by atoms with van der Waals surface area (Å²) in [7, 11) is 0. The van der Waals surface area contributed by atoms with Gasteiger partial charge >= 0.3 is 0 Å². The highest BCUT2D eigenvalue weighted by Crippen LogP contribution is 2.47. The maximum atomic E-state index is 11.1.